The number of hydrazone groups is 1. The van der Waals surface area contributed by atoms with Crippen LogP contribution in [-0.2, 0) is 0 Å². The van der Waals surface area contributed by atoms with Gasteiger partial charge in [0, 0.05) is 15.8 Å². The minimum Gasteiger partial charge on any atom is -0.495 e. The summed E-state index contributed by atoms with van der Waals surface area (Å²) in [4.78, 5) is 11.8. The molecule has 1 heterocycles. The number of methoxy groups -OCH3 is 1. The summed E-state index contributed by atoms with van der Waals surface area (Å²) in [6, 6.07) is 7.13. The van der Waals surface area contributed by atoms with Crippen molar-refractivity contribution in [2.45, 2.75) is 0 Å². The molecule has 1 amide bonds. The van der Waals surface area contributed by atoms with Gasteiger partial charge in [-0.25, -0.2) is 5.43 Å². The van der Waals surface area contributed by atoms with Crippen LogP contribution in [0.1, 0.15) is 15.9 Å². The van der Waals surface area contributed by atoms with E-state index in [1.807, 2.05) is 12.1 Å². The molecule has 0 aliphatic rings. The van der Waals surface area contributed by atoms with Crippen molar-refractivity contribution in [2.75, 3.05) is 7.11 Å². The fraction of sp³-hybridized carbons (Fsp3) is 0.0769. The molecule has 0 atom stereocenters. The van der Waals surface area contributed by atoms with Crippen LogP contribution in [0.25, 0.3) is 0 Å². The quantitative estimate of drug-likeness (QED) is 0.695. The van der Waals surface area contributed by atoms with Crippen molar-refractivity contribution in [3.05, 3.63) is 51.2 Å². The van der Waals surface area contributed by atoms with Crippen molar-refractivity contribution in [1.82, 2.24) is 5.43 Å². The van der Waals surface area contributed by atoms with Crippen molar-refractivity contribution in [3.63, 3.8) is 0 Å². The summed E-state index contributed by atoms with van der Waals surface area (Å²) in [6.45, 7) is 0. The predicted molar refractivity (Wildman–Crippen MR) is 77.4 cm³/mol. The molecular formula is C13H11ClN2O2S. The van der Waals surface area contributed by atoms with Crippen LogP contribution in [0.15, 0.2) is 40.1 Å². The van der Waals surface area contributed by atoms with Crippen LogP contribution in [0.3, 0.4) is 0 Å². The molecule has 2 aromatic rings. The number of ether oxygens (including phenoxy) is 1. The average Bonchev–Trinajstić information content (AvgIpc) is 2.89. The lowest BCUT2D eigenvalue weighted by atomic mass is 10.2. The number of benzene rings is 1. The highest BCUT2D eigenvalue weighted by Crippen LogP contribution is 2.22. The van der Waals surface area contributed by atoms with Crippen molar-refractivity contribution in [1.29, 1.82) is 0 Å². The van der Waals surface area contributed by atoms with Gasteiger partial charge in [0.05, 0.1) is 18.9 Å². The summed E-state index contributed by atoms with van der Waals surface area (Å²) in [5.74, 6) is 0.243. The Balaban J connectivity index is 1.99. The average molecular weight is 295 g/mol. The monoisotopic (exact) mass is 294 g/mol. The number of nitrogens with one attached hydrogen (secondary N) is 1. The third-order valence-electron chi connectivity index (χ3n) is 2.34. The molecule has 6 heteroatoms. The highest BCUT2D eigenvalue weighted by atomic mass is 35.5. The number of rotatable bonds is 4. The molecule has 0 fully saturated rings. The first-order valence-corrected chi connectivity index (χ1v) is 6.72. The SMILES string of the molecule is COc1cscc1C(=O)NN=Cc1ccc(Cl)cc1. The van der Waals surface area contributed by atoms with Crippen LogP contribution < -0.4 is 10.2 Å². The van der Waals surface area contributed by atoms with Crippen LogP contribution in [0.4, 0.5) is 0 Å². The molecule has 0 unspecified atom stereocenters. The number of carbonyl (C=O) groups is 1. The largest absolute Gasteiger partial charge is 0.495 e. The van der Waals surface area contributed by atoms with Gasteiger partial charge in [0.2, 0.25) is 0 Å². The molecule has 4 nitrogen and oxygen atoms in total. The lowest BCUT2D eigenvalue weighted by molar-refractivity contribution is 0.0952. The molecule has 19 heavy (non-hydrogen) atoms. The van der Waals surface area contributed by atoms with Gasteiger partial charge in [-0.15, -0.1) is 11.3 Å². The van der Waals surface area contributed by atoms with E-state index in [9.17, 15) is 4.79 Å². The van der Waals surface area contributed by atoms with Crippen LogP contribution in [0.5, 0.6) is 5.75 Å². The zero-order chi connectivity index (χ0) is 13.7. The van der Waals surface area contributed by atoms with Crippen LogP contribution in [0.2, 0.25) is 5.02 Å². The summed E-state index contributed by atoms with van der Waals surface area (Å²) in [7, 11) is 1.52. The first-order valence-electron chi connectivity index (χ1n) is 5.40. The number of carbonyl (C=O) groups excluding carboxylic acids is 1. The summed E-state index contributed by atoms with van der Waals surface area (Å²) in [6.07, 6.45) is 1.55. The number of hydrogen-bond acceptors (Lipinski definition) is 4. The number of thiophene rings is 1. The molecule has 0 saturated heterocycles. The molecular weight excluding hydrogens is 284 g/mol. The van der Waals surface area contributed by atoms with Gasteiger partial charge in [0.25, 0.3) is 5.91 Å². The highest BCUT2D eigenvalue weighted by molar-refractivity contribution is 7.08. The fourth-order valence-electron chi connectivity index (χ4n) is 1.38. The molecule has 0 bridgehead atoms. The molecule has 0 aliphatic carbocycles. The highest BCUT2D eigenvalue weighted by Gasteiger charge is 2.11. The Labute approximate surface area is 119 Å². The van der Waals surface area contributed by atoms with E-state index in [1.54, 1.807) is 29.1 Å². The molecule has 98 valence electrons. The van der Waals surface area contributed by atoms with Gasteiger partial charge in [-0.2, -0.15) is 5.10 Å². The first kappa shape index (κ1) is 13.6. The fourth-order valence-corrected chi connectivity index (χ4v) is 2.28. The molecule has 2 rings (SSSR count). The minimum atomic E-state index is -0.302. The van der Waals surface area contributed by atoms with Gasteiger partial charge >= 0.3 is 0 Å². The zero-order valence-corrected chi connectivity index (χ0v) is 11.7. The minimum absolute atomic E-state index is 0.302. The Morgan fingerprint density at radius 3 is 2.79 bits per heavy atom. The van der Waals surface area contributed by atoms with Gasteiger partial charge in [0.15, 0.2) is 0 Å². The summed E-state index contributed by atoms with van der Waals surface area (Å²) >= 11 is 7.17. The van der Waals surface area contributed by atoms with E-state index in [0.717, 1.165) is 5.56 Å². The normalized spacial score (nSPS) is 10.6. The topological polar surface area (TPSA) is 50.7 Å². The van der Waals surface area contributed by atoms with Crippen molar-refractivity contribution in [3.8, 4) is 5.75 Å². The van der Waals surface area contributed by atoms with Gasteiger partial charge in [-0.3, -0.25) is 4.79 Å². The maximum absolute atomic E-state index is 11.8. The standard InChI is InChI=1S/C13H11ClN2O2S/c1-18-12-8-19-7-11(12)13(17)16-15-6-9-2-4-10(14)5-3-9/h2-8H,1H3,(H,16,17). The van der Waals surface area contributed by atoms with Crippen molar-refractivity contribution in [2.24, 2.45) is 5.10 Å². The van der Waals surface area contributed by atoms with E-state index >= 15 is 0 Å². The number of nitrogens with zero attached hydrogens (tertiary/aromatic N) is 1. The number of hydrogen-bond donors (Lipinski definition) is 1. The maximum atomic E-state index is 11.8. The van der Waals surface area contributed by atoms with Gasteiger partial charge < -0.3 is 4.74 Å². The number of amides is 1. The third kappa shape index (κ3) is 3.56. The van der Waals surface area contributed by atoms with Crippen molar-refractivity contribution >= 4 is 35.1 Å². The summed E-state index contributed by atoms with van der Waals surface area (Å²) in [5.41, 5.74) is 3.77. The Morgan fingerprint density at radius 1 is 1.37 bits per heavy atom. The zero-order valence-electron chi connectivity index (χ0n) is 10.1. The van der Waals surface area contributed by atoms with Crippen LogP contribution in [0, 0.1) is 0 Å². The second kappa shape index (κ2) is 6.36. The molecule has 0 saturated carbocycles. The molecule has 0 spiro atoms. The predicted octanol–water partition coefficient (Wildman–Crippen LogP) is 3.17. The molecule has 1 N–H and O–H groups in total. The Hall–Kier alpha value is -1.85. The van der Waals surface area contributed by atoms with E-state index < -0.39 is 0 Å². The van der Waals surface area contributed by atoms with Gasteiger partial charge in [-0.05, 0) is 17.7 Å². The van der Waals surface area contributed by atoms with Crippen LogP contribution >= 0.6 is 22.9 Å². The maximum Gasteiger partial charge on any atom is 0.275 e. The third-order valence-corrected chi connectivity index (χ3v) is 3.31. The van der Waals surface area contributed by atoms with Gasteiger partial charge in [-0.1, -0.05) is 23.7 Å². The molecule has 1 aromatic heterocycles. The van der Waals surface area contributed by atoms with E-state index in [-0.39, 0.29) is 5.91 Å². The second-order valence-corrected chi connectivity index (χ2v) is 4.78. The summed E-state index contributed by atoms with van der Waals surface area (Å²) < 4.78 is 5.07. The van der Waals surface area contributed by atoms with E-state index in [0.29, 0.717) is 16.3 Å². The van der Waals surface area contributed by atoms with E-state index in [2.05, 4.69) is 10.5 Å². The van der Waals surface area contributed by atoms with E-state index in [4.69, 9.17) is 16.3 Å². The van der Waals surface area contributed by atoms with E-state index in [1.165, 1.54) is 18.4 Å². The Kier molecular flexibility index (Phi) is 4.54. The molecule has 0 radical (unpaired) electrons. The first-order chi connectivity index (χ1) is 9.20. The van der Waals surface area contributed by atoms with Crippen LogP contribution in [-0.4, -0.2) is 19.2 Å². The molecule has 0 aliphatic heterocycles. The molecule has 1 aromatic carbocycles. The Bertz CT molecular complexity index is 593. The van der Waals surface area contributed by atoms with Crippen molar-refractivity contribution < 1.29 is 9.53 Å². The lowest BCUT2D eigenvalue weighted by Gasteiger charge is -2.00. The number of halogens is 1. The summed E-state index contributed by atoms with van der Waals surface area (Å²) in [5, 5.41) is 8.02. The Morgan fingerprint density at radius 2 is 2.11 bits per heavy atom. The second-order valence-electron chi connectivity index (χ2n) is 3.60. The smallest absolute Gasteiger partial charge is 0.275 e. The lowest BCUT2D eigenvalue weighted by Crippen LogP contribution is -2.17. The van der Waals surface area contributed by atoms with Gasteiger partial charge in [0.1, 0.15) is 5.75 Å².